The molecule has 0 aromatic heterocycles. The fourth-order valence-electron chi connectivity index (χ4n) is 1.94. The predicted octanol–water partition coefficient (Wildman–Crippen LogP) is -1.61. The highest BCUT2D eigenvalue weighted by Gasteiger charge is 2.34. The largest absolute Gasteiger partial charge is 0.379 e. The molecule has 14 heavy (non-hydrogen) atoms. The lowest BCUT2D eigenvalue weighted by atomic mass is 10.0. The summed E-state index contributed by atoms with van der Waals surface area (Å²) in [5.74, 6) is 0.0459. The molecule has 0 radical (unpaired) electrons. The molecule has 2 atom stereocenters. The predicted molar refractivity (Wildman–Crippen MR) is 51.7 cm³/mol. The minimum Gasteiger partial charge on any atom is -0.379 e. The fraction of sp³-hybridized carbons (Fsp3) is 0.889. The van der Waals surface area contributed by atoms with Gasteiger partial charge in [-0.25, -0.2) is 0 Å². The highest BCUT2D eigenvalue weighted by Crippen LogP contribution is 2.15. The van der Waals surface area contributed by atoms with Gasteiger partial charge in [0.1, 0.15) is 0 Å². The maximum Gasteiger partial charge on any atom is 0.229 e. The first kappa shape index (κ1) is 9.89. The molecule has 5 heteroatoms. The molecular weight excluding hydrogens is 182 g/mol. The van der Waals surface area contributed by atoms with E-state index in [9.17, 15) is 4.79 Å². The van der Waals surface area contributed by atoms with Crippen LogP contribution in [0.1, 0.15) is 0 Å². The van der Waals surface area contributed by atoms with Gasteiger partial charge in [0, 0.05) is 32.2 Å². The molecule has 3 N–H and O–H groups in total. The van der Waals surface area contributed by atoms with Crippen LogP contribution in [0.4, 0.5) is 0 Å². The van der Waals surface area contributed by atoms with Gasteiger partial charge in [0.05, 0.1) is 19.1 Å². The quantitative estimate of drug-likeness (QED) is 0.533. The van der Waals surface area contributed by atoms with Gasteiger partial charge in [0.25, 0.3) is 0 Å². The Labute approximate surface area is 83.6 Å². The molecule has 0 spiro atoms. The first-order valence-corrected chi connectivity index (χ1v) is 5.12. The summed E-state index contributed by atoms with van der Waals surface area (Å²) >= 11 is 0. The lowest BCUT2D eigenvalue weighted by molar-refractivity contribution is -0.136. The standard InChI is InChI=1S/C9H17N3O2/c10-8-6-14-5-7(8)9(13)12-3-1-11-2-4-12/h7-8,11H,1-6,10H2. The van der Waals surface area contributed by atoms with Crippen molar-refractivity contribution < 1.29 is 9.53 Å². The van der Waals surface area contributed by atoms with E-state index in [1.54, 1.807) is 0 Å². The minimum atomic E-state index is -0.118. The van der Waals surface area contributed by atoms with Crippen molar-refractivity contribution in [1.29, 1.82) is 0 Å². The van der Waals surface area contributed by atoms with E-state index < -0.39 is 0 Å². The summed E-state index contributed by atoms with van der Waals surface area (Å²) in [6.07, 6.45) is 0. The molecule has 0 aromatic carbocycles. The Balaban J connectivity index is 1.92. The second kappa shape index (κ2) is 4.25. The molecule has 2 saturated heterocycles. The molecule has 2 aliphatic heterocycles. The second-order valence-corrected chi connectivity index (χ2v) is 3.88. The van der Waals surface area contributed by atoms with Gasteiger partial charge >= 0.3 is 0 Å². The van der Waals surface area contributed by atoms with E-state index in [0.29, 0.717) is 13.2 Å². The Morgan fingerprint density at radius 2 is 2.07 bits per heavy atom. The Hall–Kier alpha value is -0.650. The number of hydrogen-bond donors (Lipinski definition) is 2. The van der Waals surface area contributed by atoms with Crippen molar-refractivity contribution in [3.63, 3.8) is 0 Å². The zero-order valence-electron chi connectivity index (χ0n) is 8.24. The first-order valence-electron chi connectivity index (χ1n) is 5.12. The van der Waals surface area contributed by atoms with Crippen molar-refractivity contribution in [2.75, 3.05) is 39.4 Å². The molecule has 80 valence electrons. The van der Waals surface area contributed by atoms with Gasteiger partial charge in [0.15, 0.2) is 0 Å². The Bertz CT molecular complexity index is 216. The smallest absolute Gasteiger partial charge is 0.229 e. The summed E-state index contributed by atoms with van der Waals surface area (Å²) in [6, 6.07) is -0.114. The number of nitrogens with one attached hydrogen (secondary N) is 1. The van der Waals surface area contributed by atoms with Crippen molar-refractivity contribution >= 4 is 5.91 Å². The molecular formula is C9H17N3O2. The molecule has 2 unspecified atom stereocenters. The minimum absolute atomic E-state index is 0.114. The van der Waals surface area contributed by atoms with Gasteiger partial charge in [0.2, 0.25) is 5.91 Å². The van der Waals surface area contributed by atoms with Crippen LogP contribution in [0.3, 0.4) is 0 Å². The van der Waals surface area contributed by atoms with Crippen molar-refractivity contribution in [3.05, 3.63) is 0 Å². The lowest BCUT2D eigenvalue weighted by Gasteiger charge is -2.30. The van der Waals surface area contributed by atoms with Gasteiger partial charge in [-0.15, -0.1) is 0 Å². The number of nitrogens with zero attached hydrogens (tertiary/aromatic N) is 1. The number of carbonyl (C=O) groups is 1. The maximum atomic E-state index is 11.9. The van der Waals surface area contributed by atoms with Crippen molar-refractivity contribution in [2.24, 2.45) is 11.7 Å². The zero-order valence-corrected chi connectivity index (χ0v) is 8.24. The van der Waals surface area contributed by atoms with Gasteiger partial charge in [-0.05, 0) is 0 Å². The van der Waals surface area contributed by atoms with Crippen LogP contribution in [0.2, 0.25) is 0 Å². The van der Waals surface area contributed by atoms with Crippen LogP contribution < -0.4 is 11.1 Å². The number of nitrogens with two attached hydrogens (primary N) is 1. The summed E-state index contributed by atoms with van der Waals surface area (Å²) in [5.41, 5.74) is 5.80. The number of hydrogen-bond acceptors (Lipinski definition) is 4. The van der Waals surface area contributed by atoms with E-state index in [0.717, 1.165) is 26.2 Å². The molecule has 2 heterocycles. The third-order valence-electron chi connectivity index (χ3n) is 2.87. The molecule has 0 aliphatic carbocycles. The number of carbonyl (C=O) groups excluding carboxylic acids is 1. The summed E-state index contributed by atoms with van der Waals surface area (Å²) < 4.78 is 5.19. The third kappa shape index (κ3) is 1.89. The number of ether oxygens (including phenoxy) is 1. The highest BCUT2D eigenvalue weighted by molar-refractivity contribution is 5.80. The van der Waals surface area contributed by atoms with E-state index in [1.165, 1.54) is 0 Å². The average Bonchev–Trinajstić information content (AvgIpc) is 2.65. The van der Waals surface area contributed by atoms with Crippen LogP contribution in [0, 0.1) is 5.92 Å². The topological polar surface area (TPSA) is 67.6 Å². The molecule has 2 fully saturated rings. The first-order chi connectivity index (χ1) is 6.79. The fourth-order valence-corrected chi connectivity index (χ4v) is 1.94. The van der Waals surface area contributed by atoms with Crippen molar-refractivity contribution in [2.45, 2.75) is 6.04 Å². The van der Waals surface area contributed by atoms with Gasteiger partial charge < -0.3 is 20.7 Å². The van der Waals surface area contributed by atoms with Crippen LogP contribution in [-0.2, 0) is 9.53 Å². The third-order valence-corrected chi connectivity index (χ3v) is 2.87. The Morgan fingerprint density at radius 1 is 1.36 bits per heavy atom. The van der Waals surface area contributed by atoms with E-state index in [1.807, 2.05) is 4.90 Å². The van der Waals surface area contributed by atoms with Gasteiger partial charge in [-0.3, -0.25) is 4.79 Å². The van der Waals surface area contributed by atoms with Crippen LogP contribution in [0.15, 0.2) is 0 Å². The zero-order chi connectivity index (χ0) is 9.97. The Morgan fingerprint density at radius 3 is 2.64 bits per heavy atom. The van der Waals surface area contributed by atoms with Crippen LogP contribution in [-0.4, -0.2) is 56.2 Å². The number of piperazine rings is 1. The number of rotatable bonds is 1. The normalized spacial score (nSPS) is 33.4. The SMILES string of the molecule is NC1COCC1C(=O)N1CCNCC1. The summed E-state index contributed by atoms with van der Waals surface area (Å²) in [7, 11) is 0. The van der Waals surface area contributed by atoms with E-state index in [4.69, 9.17) is 10.5 Å². The van der Waals surface area contributed by atoms with E-state index in [-0.39, 0.29) is 17.9 Å². The highest BCUT2D eigenvalue weighted by atomic mass is 16.5. The molecule has 1 amide bonds. The average molecular weight is 199 g/mol. The summed E-state index contributed by atoms with van der Waals surface area (Å²) in [6.45, 7) is 4.36. The summed E-state index contributed by atoms with van der Waals surface area (Å²) in [5, 5.41) is 3.21. The monoisotopic (exact) mass is 199 g/mol. The molecule has 0 saturated carbocycles. The van der Waals surface area contributed by atoms with Crippen molar-refractivity contribution in [1.82, 2.24) is 10.2 Å². The number of amides is 1. The van der Waals surface area contributed by atoms with E-state index >= 15 is 0 Å². The van der Waals surface area contributed by atoms with Gasteiger partial charge in [-0.2, -0.15) is 0 Å². The van der Waals surface area contributed by atoms with E-state index in [2.05, 4.69) is 5.32 Å². The van der Waals surface area contributed by atoms with Gasteiger partial charge in [-0.1, -0.05) is 0 Å². The molecule has 5 nitrogen and oxygen atoms in total. The summed E-state index contributed by atoms with van der Waals surface area (Å²) in [4.78, 5) is 13.8. The molecule has 0 bridgehead atoms. The Kier molecular flexibility index (Phi) is 3.00. The molecule has 0 aromatic rings. The second-order valence-electron chi connectivity index (χ2n) is 3.88. The van der Waals surface area contributed by atoms with Crippen LogP contribution >= 0.6 is 0 Å². The maximum absolute atomic E-state index is 11.9. The lowest BCUT2D eigenvalue weighted by Crippen LogP contribution is -2.51. The molecule has 2 aliphatic rings. The van der Waals surface area contributed by atoms with Crippen LogP contribution in [0.5, 0.6) is 0 Å². The molecule has 2 rings (SSSR count). The van der Waals surface area contributed by atoms with Crippen LogP contribution in [0.25, 0.3) is 0 Å². The van der Waals surface area contributed by atoms with Crippen molar-refractivity contribution in [3.8, 4) is 0 Å².